The number of fused-ring (bicyclic) bond motifs is 1. The Kier molecular flexibility index (Phi) is 14.0. The number of amides is 2. The van der Waals surface area contributed by atoms with Crippen molar-refractivity contribution in [2.75, 3.05) is 56.4 Å². The van der Waals surface area contributed by atoms with Crippen molar-refractivity contribution < 1.29 is 9.59 Å². The van der Waals surface area contributed by atoms with E-state index in [1.807, 2.05) is 82.0 Å². The van der Waals surface area contributed by atoms with Gasteiger partial charge in [-0.25, -0.2) is 4.98 Å². The minimum atomic E-state index is -0.363. The van der Waals surface area contributed by atoms with Gasteiger partial charge in [-0.3, -0.25) is 19.3 Å². The smallest absolute Gasteiger partial charge is 0.293 e. The van der Waals surface area contributed by atoms with Crippen LogP contribution in [0.3, 0.4) is 0 Å². The number of benzene rings is 2. The molecule has 3 heterocycles. The number of anilines is 3. The van der Waals surface area contributed by atoms with Crippen LogP contribution in [-0.4, -0.2) is 81.9 Å². The van der Waals surface area contributed by atoms with Crippen LogP contribution in [0.2, 0.25) is 0 Å². The summed E-state index contributed by atoms with van der Waals surface area (Å²) in [5, 5.41) is 6.38. The predicted octanol–water partition coefficient (Wildman–Crippen LogP) is 7.66. The Morgan fingerprint density at radius 1 is 0.943 bits per heavy atom. The molecule has 0 radical (unpaired) electrons. The van der Waals surface area contributed by atoms with E-state index in [1.54, 1.807) is 24.6 Å². The van der Waals surface area contributed by atoms with Gasteiger partial charge in [0.2, 0.25) is 5.91 Å². The predicted molar refractivity (Wildman–Crippen MR) is 219 cm³/mol. The molecular formula is C42H57N7O3S. The van der Waals surface area contributed by atoms with Gasteiger partial charge in [-0.05, 0) is 94.0 Å². The molecule has 6 rings (SSSR count). The van der Waals surface area contributed by atoms with Gasteiger partial charge in [-0.1, -0.05) is 51.5 Å². The fourth-order valence-electron chi connectivity index (χ4n) is 7.27. The van der Waals surface area contributed by atoms with Gasteiger partial charge < -0.3 is 25.0 Å². The van der Waals surface area contributed by atoms with Crippen molar-refractivity contribution in [1.82, 2.24) is 24.3 Å². The van der Waals surface area contributed by atoms with Gasteiger partial charge in [0.15, 0.2) is 5.82 Å². The van der Waals surface area contributed by atoms with E-state index >= 15 is 0 Å². The van der Waals surface area contributed by atoms with Gasteiger partial charge in [0, 0.05) is 74.3 Å². The van der Waals surface area contributed by atoms with Gasteiger partial charge >= 0.3 is 0 Å². The number of nitrogens with one attached hydrogen (secondary N) is 2. The minimum absolute atomic E-state index is 0.100. The number of hydrogen-bond acceptors (Lipinski definition) is 8. The van der Waals surface area contributed by atoms with Crippen molar-refractivity contribution in [3.8, 4) is 11.3 Å². The van der Waals surface area contributed by atoms with E-state index in [0.29, 0.717) is 30.2 Å². The second kappa shape index (κ2) is 18.6. The lowest BCUT2D eigenvalue weighted by molar-refractivity contribution is -0.137. The Labute approximate surface area is 319 Å². The van der Waals surface area contributed by atoms with Crippen LogP contribution in [0.15, 0.2) is 59.5 Å². The summed E-state index contributed by atoms with van der Waals surface area (Å²) in [5.74, 6) is 0.215. The third-order valence-corrected chi connectivity index (χ3v) is 11.7. The van der Waals surface area contributed by atoms with Crippen LogP contribution in [0.25, 0.3) is 11.3 Å². The highest BCUT2D eigenvalue weighted by Gasteiger charge is 2.32. The average molecular weight is 740 g/mol. The molecule has 2 aromatic heterocycles. The fraction of sp³-hybridized carbons (Fsp3) is 0.476. The van der Waals surface area contributed by atoms with E-state index in [9.17, 15) is 14.4 Å². The van der Waals surface area contributed by atoms with Crippen LogP contribution < -0.4 is 16.2 Å². The van der Waals surface area contributed by atoms with Crippen molar-refractivity contribution in [2.24, 2.45) is 7.05 Å². The number of carbonyl (C=O) groups excluding carboxylic acids is 2. The summed E-state index contributed by atoms with van der Waals surface area (Å²) < 4.78 is 1.52. The topological polar surface area (TPSA) is 103 Å². The summed E-state index contributed by atoms with van der Waals surface area (Å²) >= 11 is 1.61. The van der Waals surface area contributed by atoms with Crippen molar-refractivity contribution in [1.29, 1.82) is 0 Å². The van der Waals surface area contributed by atoms with Crippen LogP contribution >= 0.6 is 11.3 Å². The van der Waals surface area contributed by atoms with Gasteiger partial charge in [0.05, 0.1) is 10.6 Å². The van der Waals surface area contributed by atoms with Gasteiger partial charge in [0.25, 0.3) is 11.5 Å². The maximum absolute atomic E-state index is 13.8. The highest BCUT2D eigenvalue weighted by molar-refractivity contribution is 7.14. The zero-order valence-electron chi connectivity index (χ0n) is 32.6. The van der Waals surface area contributed by atoms with Gasteiger partial charge in [-0.2, -0.15) is 0 Å². The van der Waals surface area contributed by atoms with E-state index in [1.165, 1.54) is 34.3 Å². The normalized spacial score (nSPS) is 15.4. The quantitative estimate of drug-likeness (QED) is 0.152. The van der Waals surface area contributed by atoms with Gasteiger partial charge in [-0.15, -0.1) is 11.3 Å². The second-order valence-electron chi connectivity index (χ2n) is 13.6. The Morgan fingerprint density at radius 3 is 2.32 bits per heavy atom. The molecule has 2 aromatic carbocycles. The molecule has 1 atom stereocenters. The zero-order chi connectivity index (χ0) is 38.1. The Bertz CT molecular complexity index is 1880. The summed E-state index contributed by atoms with van der Waals surface area (Å²) in [6, 6.07) is 15.3. The summed E-state index contributed by atoms with van der Waals surface area (Å²) in [7, 11) is 1.71. The van der Waals surface area contributed by atoms with Crippen molar-refractivity contribution in [3.63, 3.8) is 0 Å². The molecule has 1 unspecified atom stereocenters. The molecule has 1 saturated heterocycles. The van der Waals surface area contributed by atoms with Crippen LogP contribution in [0, 0.1) is 6.92 Å². The SMILES string of the molecule is CC.CCN1CCN(C(C(=O)N(CC)CC)c2ccc(Nc3nc(-c4cccc(NC(=O)c5cc6c(s5)CCCCC6)c4C)cn(C)c3=O)cc2)CC1. The molecule has 0 bridgehead atoms. The molecule has 0 spiro atoms. The first kappa shape index (κ1) is 39.9. The third kappa shape index (κ3) is 9.26. The monoisotopic (exact) mass is 739 g/mol. The highest BCUT2D eigenvalue weighted by Crippen LogP contribution is 2.32. The van der Waals surface area contributed by atoms with Crippen molar-refractivity contribution in [3.05, 3.63) is 91.5 Å². The largest absolute Gasteiger partial charge is 0.342 e. The van der Waals surface area contributed by atoms with Gasteiger partial charge in [0.1, 0.15) is 6.04 Å². The minimum Gasteiger partial charge on any atom is -0.342 e. The maximum atomic E-state index is 13.8. The molecule has 1 aliphatic carbocycles. The molecule has 53 heavy (non-hydrogen) atoms. The van der Waals surface area contributed by atoms with Crippen LogP contribution in [-0.2, 0) is 24.7 Å². The Balaban J connectivity index is 0.00000266. The molecule has 0 saturated carbocycles. The molecule has 1 fully saturated rings. The molecule has 2 amide bonds. The lowest BCUT2D eigenvalue weighted by atomic mass is 10.0. The number of hydrogen-bond donors (Lipinski definition) is 2. The fourth-order valence-corrected chi connectivity index (χ4v) is 8.42. The van der Waals surface area contributed by atoms with Crippen LogP contribution in [0.1, 0.15) is 91.2 Å². The average Bonchev–Trinajstić information content (AvgIpc) is 3.46. The maximum Gasteiger partial charge on any atom is 0.293 e. The lowest BCUT2D eigenvalue weighted by Gasteiger charge is -2.40. The zero-order valence-corrected chi connectivity index (χ0v) is 33.4. The summed E-state index contributed by atoms with van der Waals surface area (Å²) in [4.78, 5) is 53.9. The van der Waals surface area contributed by atoms with E-state index in [2.05, 4.69) is 33.4 Å². The van der Waals surface area contributed by atoms with E-state index in [0.717, 1.165) is 67.1 Å². The highest BCUT2D eigenvalue weighted by atomic mass is 32.1. The first-order chi connectivity index (χ1) is 25.7. The number of carbonyl (C=O) groups is 2. The molecule has 1 aliphatic heterocycles. The number of aromatic nitrogens is 2. The first-order valence-corrected chi connectivity index (χ1v) is 20.2. The standard InChI is InChI=1S/C40H51N7O3S.C2H6/c1-6-45-21-23-47(24-22-45)36(39(49)46(7-2)8-3)28-17-19-30(20-18-28)41-37-40(50)44(5)26-33(42-37)31-14-12-15-32(27(31)4)43-38(48)35-25-29-13-10-9-11-16-34(29)51-35;1-2/h12,14-15,17-20,25-26,36H,6-11,13,16,21-24H2,1-5H3,(H,41,42)(H,43,48);1-2H3. The lowest BCUT2D eigenvalue weighted by Crippen LogP contribution is -2.51. The van der Waals surface area contributed by atoms with E-state index in [-0.39, 0.29) is 29.2 Å². The summed E-state index contributed by atoms with van der Waals surface area (Å²) in [5.41, 5.74) is 5.72. The van der Waals surface area contributed by atoms with Crippen molar-refractivity contribution in [2.45, 2.75) is 79.7 Å². The third-order valence-electron chi connectivity index (χ3n) is 10.4. The number of rotatable bonds is 11. The molecule has 284 valence electrons. The van der Waals surface area contributed by atoms with E-state index in [4.69, 9.17) is 4.98 Å². The number of thiophene rings is 1. The molecule has 11 heteroatoms. The summed E-state index contributed by atoms with van der Waals surface area (Å²) in [6.45, 7) is 18.1. The number of aryl methyl sites for hydroxylation is 3. The molecule has 2 aliphatic rings. The first-order valence-electron chi connectivity index (χ1n) is 19.4. The van der Waals surface area contributed by atoms with E-state index < -0.39 is 0 Å². The van der Waals surface area contributed by atoms with Crippen LogP contribution in [0.4, 0.5) is 17.2 Å². The number of piperazine rings is 1. The molecule has 2 N–H and O–H groups in total. The molecule has 4 aromatic rings. The molecule has 10 nitrogen and oxygen atoms in total. The number of likely N-dealkylation sites (N-methyl/N-ethyl adjacent to an activating group) is 2. The van der Waals surface area contributed by atoms with Crippen LogP contribution in [0.5, 0.6) is 0 Å². The second-order valence-corrected chi connectivity index (χ2v) is 14.7. The Morgan fingerprint density at radius 2 is 1.64 bits per heavy atom. The Hall–Kier alpha value is -4.32. The number of nitrogens with zero attached hydrogens (tertiary/aromatic N) is 5. The summed E-state index contributed by atoms with van der Waals surface area (Å²) in [6.07, 6.45) is 7.42. The van der Waals surface area contributed by atoms with Crippen molar-refractivity contribution >= 4 is 40.3 Å². The molecular weight excluding hydrogens is 683 g/mol.